The number of hydrogen-bond acceptors (Lipinski definition) is 5. The van der Waals surface area contributed by atoms with E-state index in [0.29, 0.717) is 13.1 Å². The molecular weight excluding hydrogens is 452 g/mol. The van der Waals surface area contributed by atoms with Gasteiger partial charge in [-0.05, 0) is 53.9 Å². The second-order valence-electron chi connectivity index (χ2n) is 10.6. The second kappa shape index (κ2) is 9.15. The zero-order valence-electron chi connectivity index (χ0n) is 19.9. The normalized spacial score (nSPS) is 23.9. The van der Waals surface area contributed by atoms with E-state index in [1.807, 2.05) is 30.3 Å². The van der Waals surface area contributed by atoms with Gasteiger partial charge >= 0.3 is 5.97 Å². The highest BCUT2D eigenvalue weighted by Crippen LogP contribution is 2.53. The lowest BCUT2D eigenvalue weighted by Crippen LogP contribution is -2.37. The molecule has 34 heavy (non-hydrogen) atoms. The van der Waals surface area contributed by atoms with Crippen LogP contribution in [0.2, 0.25) is 0 Å². The van der Waals surface area contributed by atoms with Gasteiger partial charge in [-0.3, -0.25) is 4.79 Å². The zero-order chi connectivity index (χ0) is 24.6. The van der Waals surface area contributed by atoms with Gasteiger partial charge in [-0.2, -0.15) is 4.31 Å². The number of esters is 1. The van der Waals surface area contributed by atoms with Crippen molar-refractivity contribution in [1.29, 1.82) is 0 Å². The molecule has 1 amide bonds. The van der Waals surface area contributed by atoms with Crippen molar-refractivity contribution in [2.45, 2.75) is 57.5 Å². The number of hydrogen-bond donors (Lipinski definition) is 1. The Morgan fingerprint density at radius 2 is 1.79 bits per heavy atom. The fourth-order valence-corrected chi connectivity index (χ4v) is 7.49. The maximum absolute atomic E-state index is 13.5. The molecule has 2 aliphatic rings. The van der Waals surface area contributed by atoms with Crippen LogP contribution in [0.5, 0.6) is 0 Å². The van der Waals surface area contributed by atoms with Crippen molar-refractivity contribution in [2.24, 2.45) is 10.8 Å². The van der Waals surface area contributed by atoms with Crippen molar-refractivity contribution in [3.05, 3.63) is 65.7 Å². The molecule has 2 atom stereocenters. The molecule has 7 nitrogen and oxygen atoms in total. The first-order chi connectivity index (χ1) is 16.0. The van der Waals surface area contributed by atoms with Gasteiger partial charge in [0.1, 0.15) is 0 Å². The number of carbonyl (C=O) groups is 2. The van der Waals surface area contributed by atoms with Gasteiger partial charge in [-0.25, -0.2) is 13.2 Å². The molecule has 182 valence electrons. The van der Waals surface area contributed by atoms with Crippen LogP contribution in [0.4, 0.5) is 0 Å². The number of nitrogens with zero attached hydrogens (tertiary/aromatic N) is 1. The van der Waals surface area contributed by atoms with E-state index in [1.165, 1.54) is 24.3 Å². The van der Waals surface area contributed by atoms with Gasteiger partial charge in [0, 0.05) is 19.1 Å². The van der Waals surface area contributed by atoms with Crippen LogP contribution in [-0.2, 0) is 26.1 Å². The summed E-state index contributed by atoms with van der Waals surface area (Å²) >= 11 is 0. The first-order valence-electron chi connectivity index (χ1n) is 11.6. The molecule has 1 N–H and O–H groups in total. The Kier molecular flexibility index (Phi) is 6.57. The van der Waals surface area contributed by atoms with Crippen LogP contribution >= 0.6 is 0 Å². The maximum Gasteiger partial charge on any atom is 0.338 e. The van der Waals surface area contributed by atoms with E-state index in [0.717, 1.165) is 24.8 Å². The number of amides is 1. The molecule has 1 saturated carbocycles. The zero-order valence-corrected chi connectivity index (χ0v) is 20.7. The predicted molar refractivity (Wildman–Crippen MR) is 128 cm³/mol. The Hall–Kier alpha value is -2.71. The summed E-state index contributed by atoms with van der Waals surface area (Å²) in [5, 5.41) is 2.69. The summed E-state index contributed by atoms with van der Waals surface area (Å²) in [5.74, 6) is -1.17. The Balaban J connectivity index is 1.40. The molecule has 1 saturated heterocycles. The smallest absolute Gasteiger partial charge is 0.338 e. The van der Waals surface area contributed by atoms with Crippen molar-refractivity contribution in [2.75, 3.05) is 13.2 Å². The number of ether oxygens (including phenoxy) is 1. The summed E-state index contributed by atoms with van der Waals surface area (Å²) in [6.45, 7) is 6.93. The molecule has 2 bridgehead atoms. The minimum Gasteiger partial charge on any atom is -0.452 e. The molecule has 1 aliphatic carbocycles. The molecule has 0 aromatic heterocycles. The third-order valence-corrected chi connectivity index (χ3v) is 8.60. The maximum atomic E-state index is 13.5. The first-order valence-corrected chi connectivity index (χ1v) is 13.0. The number of carbonyl (C=O) groups excluding carboxylic acids is 2. The van der Waals surface area contributed by atoms with Crippen molar-refractivity contribution in [3.8, 4) is 0 Å². The number of rotatable bonds is 7. The third-order valence-electron chi connectivity index (χ3n) is 6.71. The van der Waals surface area contributed by atoms with Crippen LogP contribution in [0, 0.1) is 10.8 Å². The monoisotopic (exact) mass is 484 g/mol. The van der Waals surface area contributed by atoms with Gasteiger partial charge in [0.15, 0.2) is 6.61 Å². The largest absolute Gasteiger partial charge is 0.452 e. The van der Waals surface area contributed by atoms with E-state index in [1.54, 1.807) is 4.31 Å². The molecule has 2 fully saturated rings. The lowest BCUT2D eigenvalue weighted by molar-refractivity contribution is -0.124. The fraction of sp³-hybridized carbons (Fsp3) is 0.462. The SMILES string of the molecule is CC1(C)C[C@H]2C[C@](C)(CN2S(=O)(=O)c2cccc(C(=O)OCC(=O)NCc3ccccc3)c2)C1. The highest BCUT2D eigenvalue weighted by Gasteiger charge is 2.53. The number of fused-ring (bicyclic) bond motifs is 2. The van der Waals surface area contributed by atoms with Gasteiger partial charge in [-0.1, -0.05) is 57.2 Å². The Morgan fingerprint density at radius 3 is 2.53 bits per heavy atom. The van der Waals surface area contributed by atoms with E-state index in [-0.39, 0.29) is 27.3 Å². The Bertz CT molecular complexity index is 1180. The molecular formula is C26H32N2O5S. The molecule has 2 aromatic carbocycles. The van der Waals surface area contributed by atoms with Crippen LogP contribution in [0.25, 0.3) is 0 Å². The van der Waals surface area contributed by atoms with E-state index < -0.39 is 28.5 Å². The molecule has 8 heteroatoms. The minimum absolute atomic E-state index is 0.0386. The number of nitrogens with one attached hydrogen (secondary N) is 1. The summed E-state index contributed by atoms with van der Waals surface area (Å²) in [6.07, 6.45) is 2.67. The summed E-state index contributed by atoms with van der Waals surface area (Å²) in [7, 11) is -3.76. The second-order valence-corrected chi connectivity index (χ2v) is 12.5. The standard InChI is InChI=1S/C26H32N2O5S/c1-25(2)13-21-14-26(3,17-25)18-28(21)34(31,32)22-11-7-10-20(12-22)24(30)33-16-23(29)27-15-19-8-5-4-6-9-19/h4-12,21H,13-18H2,1-3H3,(H,27,29)/t21-,26-/m0/s1. The molecule has 1 aliphatic heterocycles. The van der Waals surface area contributed by atoms with Gasteiger partial charge in [0.05, 0.1) is 10.5 Å². The predicted octanol–water partition coefficient (Wildman–Crippen LogP) is 3.75. The van der Waals surface area contributed by atoms with Gasteiger partial charge in [0.2, 0.25) is 10.0 Å². The first kappa shape index (κ1) is 24.4. The summed E-state index contributed by atoms with van der Waals surface area (Å²) in [6, 6.07) is 15.2. The average Bonchev–Trinajstić information content (AvgIpc) is 3.06. The van der Waals surface area contributed by atoms with E-state index in [2.05, 4.69) is 26.1 Å². The average molecular weight is 485 g/mol. The molecule has 0 unspecified atom stereocenters. The van der Waals surface area contributed by atoms with E-state index in [9.17, 15) is 18.0 Å². The summed E-state index contributed by atoms with van der Waals surface area (Å²) in [4.78, 5) is 24.7. The highest BCUT2D eigenvalue weighted by atomic mass is 32.2. The van der Waals surface area contributed by atoms with Crippen molar-refractivity contribution >= 4 is 21.9 Å². The third kappa shape index (κ3) is 5.33. The van der Waals surface area contributed by atoms with Crippen molar-refractivity contribution < 1.29 is 22.7 Å². The topological polar surface area (TPSA) is 92.8 Å². The molecule has 0 spiro atoms. The van der Waals surface area contributed by atoms with Crippen LogP contribution in [0.3, 0.4) is 0 Å². The highest BCUT2D eigenvalue weighted by molar-refractivity contribution is 7.89. The molecule has 1 heterocycles. The van der Waals surface area contributed by atoms with Gasteiger partial charge < -0.3 is 10.1 Å². The van der Waals surface area contributed by atoms with Crippen molar-refractivity contribution in [1.82, 2.24) is 9.62 Å². The molecule has 0 radical (unpaired) electrons. The van der Waals surface area contributed by atoms with Crippen LogP contribution < -0.4 is 5.32 Å². The molecule has 4 rings (SSSR count). The number of sulfonamides is 1. The molecule has 2 aromatic rings. The minimum atomic E-state index is -3.76. The van der Waals surface area contributed by atoms with E-state index in [4.69, 9.17) is 4.74 Å². The van der Waals surface area contributed by atoms with Gasteiger partial charge in [0.25, 0.3) is 5.91 Å². The Morgan fingerprint density at radius 1 is 1.06 bits per heavy atom. The van der Waals surface area contributed by atoms with Crippen molar-refractivity contribution in [3.63, 3.8) is 0 Å². The lowest BCUT2D eigenvalue weighted by atomic mass is 9.65. The lowest BCUT2D eigenvalue weighted by Gasteiger charge is -2.39. The van der Waals surface area contributed by atoms with Crippen LogP contribution in [0.1, 0.15) is 56.0 Å². The fourth-order valence-electron chi connectivity index (χ4n) is 5.67. The van der Waals surface area contributed by atoms with E-state index >= 15 is 0 Å². The van der Waals surface area contributed by atoms with Gasteiger partial charge in [-0.15, -0.1) is 0 Å². The Labute approximate surface area is 201 Å². The summed E-state index contributed by atoms with van der Waals surface area (Å²) < 4.78 is 33.7. The quantitative estimate of drug-likeness (QED) is 0.604. The van der Waals surface area contributed by atoms with Crippen LogP contribution in [0.15, 0.2) is 59.5 Å². The number of benzene rings is 2. The van der Waals surface area contributed by atoms with Crippen LogP contribution in [-0.4, -0.2) is 43.8 Å². The summed E-state index contributed by atoms with van der Waals surface area (Å²) in [5.41, 5.74) is 1.09.